The van der Waals surface area contributed by atoms with Crippen LogP contribution in [0.15, 0.2) is 85.5 Å². The van der Waals surface area contributed by atoms with Crippen LogP contribution in [0.3, 0.4) is 0 Å². The van der Waals surface area contributed by atoms with Crippen molar-refractivity contribution in [2.24, 2.45) is 0 Å². The van der Waals surface area contributed by atoms with E-state index >= 15 is 0 Å². The number of benzene rings is 2. The monoisotopic (exact) mass is 358 g/mol. The summed E-state index contributed by atoms with van der Waals surface area (Å²) in [7, 11) is 0. The number of hydrogen-bond donors (Lipinski definition) is 1. The maximum Gasteiger partial charge on any atom is 0.123 e. The molecule has 0 spiro atoms. The van der Waals surface area contributed by atoms with Crippen LogP contribution in [-0.4, -0.2) is 20.0 Å². The zero-order valence-corrected chi connectivity index (χ0v) is 14.2. The van der Waals surface area contributed by atoms with E-state index in [0.717, 1.165) is 5.69 Å². The lowest BCUT2D eigenvalue weighted by atomic mass is 10.2. The highest BCUT2D eigenvalue weighted by Crippen LogP contribution is 2.07. The maximum absolute atomic E-state index is 12.1. The van der Waals surface area contributed by atoms with Gasteiger partial charge in [0.15, 0.2) is 0 Å². The van der Waals surface area contributed by atoms with E-state index in [2.05, 4.69) is 21.4 Å². The van der Waals surface area contributed by atoms with Gasteiger partial charge in [0.1, 0.15) is 5.82 Å². The lowest BCUT2D eigenvalue weighted by Crippen LogP contribution is -1.93. The fraction of sp³-hybridized carbons (Fsp3) is 0. The highest BCUT2D eigenvalue weighted by molar-refractivity contribution is 5.38. The van der Waals surface area contributed by atoms with E-state index in [9.17, 15) is 4.39 Å². The van der Waals surface area contributed by atoms with Gasteiger partial charge in [-0.25, -0.2) is 9.07 Å². The first-order chi connectivity index (χ1) is 13.2. The van der Waals surface area contributed by atoms with Gasteiger partial charge in [0.05, 0.1) is 29.0 Å². The minimum Gasteiger partial charge on any atom is -0.286 e. The summed E-state index contributed by atoms with van der Waals surface area (Å²) in [5.41, 5.74) is 2.11. The molecule has 6 nitrogen and oxygen atoms in total. The normalized spacial score (nSPS) is 8.85. The molecule has 4 aromatic rings. The van der Waals surface area contributed by atoms with Crippen molar-refractivity contribution in [3.8, 4) is 17.8 Å². The van der Waals surface area contributed by atoms with Gasteiger partial charge in [-0.15, -0.1) is 0 Å². The molecule has 0 saturated carbocycles. The number of hydrogen-bond acceptors (Lipinski definition) is 4. The molecule has 27 heavy (non-hydrogen) atoms. The van der Waals surface area contributed by atoms with E-state index < -0.39 is 0 Å². The number of halogens is 1. The third-order valence-corrected chi connectivity index (χ3v) is 3.14. The highest BCUT2D eigenvalue weighted by atomic mass is 19.1. The standard InChI is InChI=1S/C10H7N3.C7H4FN.C3H4N2/c11-8-9-2-4-10(5-3-9)13-7-1-6-12-13;8-7-3-1-6(5-9)2-4-7;1-2-4-5-3-1/h1-7H;1-4H;1-3H,(H,4,5). The van der Waals surface area contributed by atoms with Gasteiger partial charge in [-0.1, -0.05) is 0 Å². The van der Waals surface area contributed by atoms with Crippen LogP contribution in [0, 0.1) is 28.5 Å². The molecule has 2 heterocycles. The largest absolute Gasteiger partial charge is 0.286 e. The molecule has 0 aliphatic heterocycles. The number of rotatable bonds is 1. The number of H-pyrrole nitrogens is 1. The summed E-state index contributed by atoms with van der Waals surface area (Å²) in [5.74, 6) is -0.311. The fourth-order valence-corrected chi connectivity index (χ4v) is 1.85. The molecule has 2 aromatic heterocycles. The van der Waals surface area contributed by atoms with E-state index in [4.69, 9.17) is 10.5 Å². The summed E-state index contributed by atoms with van der Waals surface area (Å²) in [4.78, 5) is 0. The van der Waals surface area contributed by atoms with Crippen molar-refractivity contribution in [1.82, 2.24) is 20.0 Å². The SMILES string of the molecule is N#Cc1ccc(-n2cccn2)cc1.N#Cc1ccc(F)cc1.c1cn[nH]c1. The zero-order valence-electron chi connectivity index (χ0n) is 14.2. The summed E-state index contributed by atoms with van der Waals surface area (Å²) in [6.45, 7) is 0. The van der Waals surface area contributed by atoms with E-state index in [-0.39, 0.29) is 5.82 Å². The molecule has 0 aliphatic rings. The van der Waals surface area contributed by atoms with Crippen molar-refractivity contribution in [3.63, 3.8) is 0 Å². The molecule has 0 unspecified atom stereocenters. The van der Waals surface area contributed by atoms with Gasteiger partial charge in [-0.3, -0.25) is 5.10 Å². The van der Waals surface area contributed by atoms with Crippen molar-refractivity contribution in [3.05, 3.63) is 102 Å². The molecule has 0 fully saturated rings. The Labute approximate surface area is 155 Å². The number of nitriles is 2. The number of nitrogens with zero attached hydrogens (tertiary/aromatic N) is 5. The Hall–Kier alpha value is -4.23. The number of nitrogens with one attached hydrogen (secondary N) is 1. The molecule has 0 radical (unpaired) electrons. The summed E-state index contributed by atoms with van der Waals surface area (Å²) in [6, 6.07) is 20.3. The van der Waals surface area contributed by atoms with Gasteiger partial charge in [0.2, 0.25) is 0 Å². The Morgan fingerprint density at radius 1 is 0.852 bits per heavy atom. The average Bonchev–Trinajstić information content (AvgIpc) is 3.46. The first-order valence-corrected chi connectivity index (χ1v) is 7.82. The Kier molecular flexibility index (Phi) is 7.50. The molecule has 4 rings (SSSR count). The lowest BCUT2D eigenvalue weighted by Gasteiger charge is -1.99. The van der Waals surface area contributed by atoms with Gasteiger partial charge in [0.25, 0.3) is 0 Å². The van der Waals surface area contributed by atoms with Crippen molar-refractivity contribution in [1.29, 1.82) is 10.5 Å². The third kappa shape index (κ3) is 6.65. The second kappa shape index (κ2) is 10.6. The highest BCUT2D eigenvalue weighted by Gasteiger charge is 1.95. The van der Waals surface area contributed by atoms with Crippen LogP contribution in [0.5, 0.6) is 0 Å². The van der Waals surface area contributed by atoms with Gasteiger partial charge >= 0.3 is 0 Å². The smallest absolute Gasteiger partial charge is 0.123 e. The van der Waals surface area contributed by atoms with Gasteiger partial charge in [-0.2, -0.15) is 20.7 Å². The Bertz CT molecular complexity index is 960. The Morgan fingerprint density at radius 3 is 1.89 bits per heavy atom. The molecule has 7 heteroatoms. The van der Waals surface area contributed by atoms with E-state index in [1.165, 1.54) is 24.3 Å². The molecule has 0 amide bonds. The first-order valence-electron chi connectivity index (χ1n) is 7.82. The van der Waals surface area contributed by atoms with E-state index in [0.29, 0.717) is 11.1 Å². The summed E-state index contributed by atoms with van der Waals surface area (Å²) in [6.07, 6.45) is 7.04. The quantitative estimate of drug-likeness (QED) is 0.559. The van der Waals surface area contributed by atoms with E-state index in [1.807, 2.05) is 36.5 Å². The van der Waals surface area contributed by atoms with Gasteiger partial charge in [-0.05, 0) is 60.7 Å². The second-order valence-corrected chi connectivity index (χ2v) is 4.99. The van der Waals surface area contributed by atoms with Crippen LogP contribution >= 0.6 is 0 Å². The van der Waals surface area contributed by atoms with Crippen LogP contribution in [-0.2, 0) is 0 Å². The first kappa shape index (κ1) is 19.1. The summed E-state index contributed by atoms with van der Waals surface area (Å²) >= 11 is 0. The van der Waals surface area contributed by atoms with E-state index in [1.54, 1.807) is 35.4 Å². The Balaban J connectivity index is 0.000000161. The van der Waals surface area contributed by atoms with Gasteiger partial charge < -0.3 is 0 Å². The molecule has 0 saturated heterocycles. The molecule has 2 aromatic carbocycles. The predicted octanol–water partition coefficient (Wildman–Crippen LogP) is 3.85. The van der Waals surface area contributed by atoms with Crippen LogP contribution in [0.25, 0.3) is 5.69 Å². The van der Waals surface area contributed by atoms with Crippen molar-refractivity contribution in [2.45, 2.75) is 0 Å². The van der Waals surface area contributed by atoms with Crippen LogP contribution in [0.2, 0.25) is 0 Å². The maximum atomic E-state index is 12.1. The lowest BCUT2D eigenvalue weighted by molar-refractivity contribution is 0.627. The third-order valence-electron chi connectivity index (χ3n) is 3.14. The summed E-state index contributed by atoms with van der Waals surface area (Å²) < 4.78 is 13.9. The molecule has 132 valence electrons. The van der Waals surface area contributed by atoms with Crippen molar-refractivity contribution < 1.29 is 4.39 Å². The van der Waals surface area contributed by atoms with Crippen LogP contribution < -0.4 is 0 Å². The van der Waals surface area contributed by atoms with Crippen LogP contribution in [0.4, 0.5) is 4.39 Å². The number of aromatic nitrogens is 4. The zero-order chi connectivity index (χ0) is 19.3. The minimum atomic E-state index is -0.311. The van der Waals surface area contributed by atoms with Gasteiger partial charge in [0, 0.05) is 24.8 Å². The molecule has 1 N–H and O–H groups in total. The Morgan fingerprint density at radius 2 is 1.48 bits per heavy atom. The molecule has 0 aliphatic carbocycles. The second-order valence-electron chi connectivity index (χ2n) is 4.99. The molecule has 0 bridgehead atoms. The van der Waals surface area contributed by atoms with Crippen LogP contribution in [0.1, 0.15) is 11.1 Å². The predicted molar refractivity (Wildman–Crippen MR) is 98.0 cm³/mol. The molecular formula is C20H15FN6. The van der Waals surface area contributed by atoms with Crippen molar-refractivity contribution in [2.75, 3.05) is 0 Å². The van der Waals surface area contributed by atoms with Crippen molar-refractivity contribution >= 4 is 0 Å². The minimum absolute atomic E-state index is 0.311. The molecule has 0 atom stereocenters. The fourth-order valence-electron chi connectivity index (χ4n) is 1.85. The summed E-state index contributed by atoms with van der Waals surface area (Å²) in [5, 5.41) is 27.1. The topological polar surface area (TPSA) is 94.1 Å². The number of aromatic amines is 1. The average molecular weight is 358 g/mol. The molecular weight excluding hydrogens is 343 g/mol.